The first-order valence-electron chi connectivity index (χ1n) is 7.95. The summed E-state index contributed by atoms with van der Waals surface area (Å²) in [5.74, 6) is 2.02. The van der Waals surface area contributed by atoms with Crippen molar-refractivity contribution < 1.29 is 13.6 Å². The lowest BCUT2D eigenvalue weighted by atomic mass is 10.2. The van der Waals surface area contributed by atoms with Gasteiger partial charge in [0, 0.05) is 30.7 Å². The van der Waals surface area contributed by atoms with Gasteiger partial charge >= 0.3 is 0 Å². The smallest absolute Gasteiger partial charge is 0.263 e. The number of hydrogen-bond acceptors (Lipinski definition) is 7. The van der Waals surface area contributed by atoms with Crippen molar-refractivity contribution in [2.24, 2.45) is 0 Å². The fourth-order valence-electron chi connectivity index (χ4n) is 2.81. The molecule has 4 rings (SSSR count). The van der Waals surface area contributed by atoms with Gasteiger partial charge in [-0.15, -0.1) is 11.3 Å². The van der Waals surface area contributed by atoms with Crippen LogP contribution in [0.25, 0.3) is 11.7 Å². The van der Waals surface area contributed by atoms with Crippen molar-refractivity contribution in [2.45, 2.75) is 26.5 Å². The summed E-state index contributed by atoms with van der Waals surface area (Å²) in [6.45, 7) is 7.08. The van der Waals surface area contributed by atoms with Crippen LogP contribution in [0.15, 0.2) is 32.6 Å². The van der Waals surface area contributed by atoms with Gasteiger partial charge in [0.15, 0.2) is 5.76 Å². The van der Waals surface area contributed by atoms with Crippen molar-refractivity contribution in [2.75, 3.05) is 19.7 Å². The molecule has 3 aromatic heterocycles. The third-order valence-electron chi connectivity index (χ3n) is 4.06. The van der Waals surface area contributed by atoms with Gasteiger partial charge in [0.2, 0.25) is 0 Å². The molecule has 1 fully saturated rings. The van der Waals surface area contributed by atoms with E-state index in [-0.39, 0.29) is 6.10 Å². The SMILES string of the molecule is Cc1csc([C@H]2CN(Cc3nc(-c4ccco4)oc3C)CCO2)n1. The summed E-state index contributed by atoms with van der Waals surface area (Å²) >= 11 is 1.66. The molecule has 0 aliphatic carbocycles. The number of oxazole rings is 1. The zero-order valence-electron chi connectivity index (χ0n) is 13.7. The Morgan fingerprint density at radius 2 is 2.25 bits per heavy atom. The molecule has 0 unspecified atom stereocenters. The number of thiazole rings is 1. The minimum Gasteiger partial charge on any atom is -0.459 e. The highest BCUT2D eigenvalue weighted by molar-refractivity contribution is 7.09. The molecule has 0 N–H and O–H groups in total. The highest BCUT2D eigenvalue weighted by Gasteiger charge is 2.26. The summed E-state index contributed by atoms with van der Waals surface area (Å²) in [7, 11) is 0. The van der Waals surface area contributed by atoms with Gasteiger partial charge in [-0.3, -0.25) is 4.90 Å². The number of morpholine rings is 1. The molecular weight excluding hydrogens is 326 g/mol. The maximum Gasteiger partial charge on any atom is 0.263 e. The summed E-state index contributed by atoms with van der Waals surface area (Å²) in [4.78, 5) is 11.5. The third kappa shape index (κ3) is 3.15. The zero-order chi connectivity index (χ0) is 16.5. The fraction of sp³-hybridized carbons (Fsp3) is 0.412. The second kappa shape index (κ2) is 6.51. The third-order valence-corrected chi connectivity index (χ3v) is 5.12. The minimum atomic E-state index is 0.0363. The molecule has 3 aromatic rings. The Kier molecular flexibility index (Phi) is 4.22. The number of aryl methyl sites for hydroxylation is 2. The highest BCUT2D eigenvalue weighted by atomic mass is 32.1. The molecule has 1 saturated heterocycles. The lowest BCUT2D eigenvalue weighted by Crippen LogP contribution is -2.38. The Hall–Kier alpha value is -1.96. The van der Waals surface area contributed by atoms with Gasteiger partial charge in [0.1, 0.15) is 16.9 Å². The van der Waals surface area contributed by atoms with Crippen LogP contribution in [0.4, 0.5) is 0 Å². The minimum absolute atomic E-state index is 0.0363. The topological polar surface area (TPSA) is 64.5 Å². The van der Waals surface area contributed by atoms with E-state index >= 15 is 0 Å². The van der Waals surface area contributed by atoms with Crippen molar-refractivity contribution >= 4 is 11.3 Å². The van der Waals surface area contributed by atoms with Crippen LogP contribution >= 0.6 is 11.3 Å². The van der Waals surface area contributed by atoms with Gasteiger partial charge < -0.3 is 13.6 Å². The Balaban J connectivity index is 1.47. The van der Waals surface area contributed by atoms with E-state index in [1.807, 2.05) is 26.0 Å². The molecular formula is C17H19N3O3S. The Morgan fingerprint density at radius 1 is 1.33 bits per heavy atom. The van der Waals surface area contributed by atoms with Gasteiger partial charge in [0.25, 0.3) is 5.89 Å². The van der Waals surface area contributed by atoms with E-state index in [1.165, 1.54) is 0 Å². The van der Waals surface area contributed by atoms with Gasteiger partial charge in [-0.1, -0.05) is 0 Å². The number of furan rings is 1. The quantitative estimate of drug-likeness (QED) is 0.720. The average Bonchev–Trinajstić information content (AvgIpc) is 3.30. The molecule has 0 bridgehead atoms. The average molecular weight is 345 g/mol. The predicted octanol–water partition coefficient (Wildman–Crippen LogP) is 3.58. The molecule has 0 saturated carbocycles. The molecule has 1 atom stereocenters. The summed E-state index contributed by atoms with van der Waals surface area (Å²) in [5, 5.41) is 3.11. The zero-order valence-corrected chi connectivity index (χ0v) is 14.5. The molecule has 1 aliphatic rings. The molecule has 0 aromatic carbocycles. The fourth-order valence-corrected chi connectivity index (χ4v) is 3.64. The molecule has 126 valence electrons. The molecule has 1 aliphatic heterocycles. The summed E-state index contributed by atoms with van der Waals surface area (Å²) in [5.41, 5.74) is 1.99. The van der Waals surface area contributed by atoms with Crippen LogP contribution in [-0.4, -0.2) is 34.6 Å². The molecule has 24 heavy (non-hydrogen) atoms. The van der Waals surface area contributed by atoms with E-state index < -0.39 is 0 Å². The van der Waals surface area contributed by atoms with E-state index in [1.54, 1.807) is 17.6 Å². The largest absolute Gasteiger partial charge is 0.459 e. The predicted molar refractivity (Wildman–Crippen MR) is 89.8 cm³/mol. The van der Waals surface area contributed by atoms with E-state index in [9.17, 15) is 0 Å². The molecule has 6 nitrogen and oxygen atoms in total. The molecule has 0 amide bonds. The van der Waals surface area contributed by atoms with Crippen LogP contribution in [-0.2, 0) is 11.3 Å². The van der Waals surface area contributed by atoms with Crippen molar-refractivity contribution in [1.29, 1.82) is 0 Å². The van der Waals surface area contributed by atoms with Crippen LogP contribution in [0.1, 0.15) is 28.3 Å². The number of hydrogen-bond donors (Lipinski definition) is 0. The monoisotopic (exact) mass is 345 g/mol. The highest BCUT2D eigenvalue weighted by Crippen LogP contribution is 2.27. The summed E-state index contributed by atoms with van der Waals surface area (Å²) in [6.07, 6.45) is 1.66. The van der Waals surface area contributed by atoms with Crippen molar-refractivity contribution in [3.8, 4) is 11.7 Å². The van der Waals surface area contributed by atoms with E-state index in [2.05, 4.69) is 20.2 Å². The van der Waals surface area contributed by atoms with Gasteiger partial charge in [-0.2, -0.15) is 0 Å². The van der Waals surface area contributed by atoms with Crippen molar-refractivity contribution in [3.63, 3.8) is 0 Å². The number of rotatable bonds is 4. The second-order valence-electron chi connectivity index (χ2n) is 5.92. The number of aromatic nitrogens is 2. The van der Waals surface area contributed by atoms with Gasteiger partial charge in [-0.05, 0) is 26.0 Å². The Morgan fingerprint density at radius 3 is 3.00 bits per heavy atom. The van der Waals surface area contributed by atoms with Crippen LogP contribution < -0.4 is 0 Å². The first-order chi connectivity index (χ1) is 11.7. The van der Waals surface area contributed by atoms with Gasteiger partial charge in [0.05, 0.1) is 18.6 Å². The maximum atomic E-state index is 5.89. The van der Waals surface area contributed by atoms with Crippen molar-refractivity contribution in [3.05, 3.63) is 45.9 Å². The normalized spacial score (nSPS) is 19.0. The van der Waals surface area contributed by atoms with Crippen LogP contribution in [0.2, 0.25) is 0 Å². The summed E-state index contributed by atoms with van der Waals surface area (Å²) in [6, 6.07) is 3.68. The van der Waals surface area contributed by atoms with Crippen LogP contribution in [0, 0.1) is 13.8 Å². The number of ether oxygens (including phenoxy) is 1. The van der Waals surface area contributed by atoms with E-state index in [0.717, 1.165) is 41.8 Å². The maximum absolute atomic E-state index is 5.89. The lowest BCUT2D eigenvalue weighted by Gasteiger charge is -2.31. The first kappa shape index (κ1) is 15.6. The van der Waals surface area contributed by atoms with E-state index in [0.29, 0.717) is 18.3 Å². The number of nitrogens with zero attached hydrogens (tertiary/aromatic N) is 3. The van der Waals surface area contributed by atoms with Crippen molar-refractivity contribution in [1.82, 2.24) is 14.9 Å². The van der Waals surface area contributed by atoms with E-state index in [4.69, 9.17) is 13.6 Å². The standard InChI is InChI=1S/C17H19N3O3S/c1-11-10-24-17(18-11)15-9-20(5-7-22-15)8-13-12(2)23-16(19-13)14-4-3-6-21-14/h3-4,6,10,15H,5,7-9H2,1-2H3/t15-/m1/s1. The molecule has 7 heteroatoms. The second-order valence-corrected chi connectivity index (χ2v) is 6.81. The Bertz CT molecular complexity index is 809. The molecule has 0 spiro atoms. The van der Waals surface area contributed by atoms with Gasteiger partial charge in [-0.25, -0.2) is 9.97 Å². The first-order valence-corrected chi connectivity index (χ1v) is 8.83. The lowest BCUT2D eigenvalue weighted by molar-refractivity contribution is -0.0334. The molecule has 4 heterocycles. The Labute approximate surface area is 144 Å². The van der Waals surface area contributed by atoms with Crippen LogP contribution in [0.3, 0.4) is 0 Å². The molecule has 0 radical (unpaired) electrons. The summed E-state index contributed by atoms with van der Waals surface area (Å²) < 4.78 is 17.0. The van der Waals surface area contributed by atoms with Crippen LogP contribution in [0.5, 0.6) is 0 Å².